The van der Waals surface area contributed by atoms with Crippen molar-refractivity contribution in [2.45, 2.75) is 35.9 Å². The maximum absolute atomic E-state index is 13.0. The van der Waals surface area contributed by atoms with Crippen LogP contribution in [0.5, 0.6) is 0 Å². The van der Waals surface area contributed by atoms with E-state index < -0.39 is 68.8 Å². The first-order valence-corrected chi connectivity index (χ1v) is 27.1. The third kappa shape index (κ3) is 12.9. The first-order chi connectivity index (χ1) is 36.6. The minimum atomic E-state index is -5.17. The zero-order valence-corrected chi connectivity index (χ0v) is 45.3. The summed E-state index contributed by atoms with van der Waals surface area (Å²) < 4.78 is 41.5. The molecule has 6 aromatic heterocycles. The van der Waals surface area contributed by atoms with Crippen molar-refractivity contribution in [3.05, 3.63) is 94.3 Å². The number of thiazole rings is 2. The first-order valence-electron chi connectivity index (χ1n) is 21.9. The van der Waals surface area contributed by atoms with Gasteiger partial charge in [0.1, 0.15) is 81.9 Å². The number of fused-ring (bicyclic) bond motifs is 4. The number of aromatic nitrogens is 8. The van der Waals surface area contributed by atoms with Crippen molar-refractivity contribution < 1.29 is 86.3 Å². The Morgan fingerprint density at radius 3 is 1.42 bits per heavy atom. The molecule has 4 aliphatic rings. The Morgan fingerprint density at radius 1 is 0.734 bits per heavy atom. The summed E-state index contributed by atoms with van der Waals surface area (Å²) in [6.07, 6.45) is 10.8. The smallest absolute Gasteiger partial charge is 0.352 e. The molecule has 10 rings (SSSR count). The van der Waals surface area contributed by atoms with E-state index >= 15 is 0 Å². The number of pyridine rings is 2. The zero-order chi connectivity index (χ0) is 55.6. The average Bonchev–Trinajstić information content (AvgIpc) is 4.21. The van der Waals surface area contributed by atoms with E-state index in [1.54, 1.807) is 23.4 Å². The lowest BCUT2D eigenvalue weighted by molar-refractivity contribution is -0.687. The van der Waals surface area contributed by atoms with Gasteiger partial charge in [-0.3, -0.25) is 37.4 Å². The Bertz CT molecular complexity index is 3400. The lowest BCUT2D eigenvalue weighted by Crippen LogP contribution is -2.71. The van der Waals surface area contributed by atoms with Crippen molar-refractivity contribution in [3.63, 3.8) is 0 Å². The van der Waals surface area contributed by atoms with Crippen LogP contribution in [0.2, 0.25) is 0 Å². The van der Waals surface area contributed by atoms with E-state index in [9.17, 15) is 39.0 Å². The number of imidazole rings is 2. The van der Waals surface area contributed by atoms with Gasteiger partial charge in [-0.25, -0.2) is 29.5 Å². The van der Waals surface area contributed by atoms with Gasteiger partial charge in [-0.1, -0.05) is 10.3 Å². The summed E-state index contributed by atoms with van der Waals surface area (Å²) in [5, 5.41) is 35.1. The molecular weight excluding hydrogens is 1140 g/mol. The van der Waals surface area contributed by atoms with E-state index in [4.69, 9.17) is 38.7 Å². The number of nitrogens with two attached hydrogens (primary N) is 2. The molecule has 2 unspecified atom stereocenters. The van der Waals surface area contributed by atoms with Crippen molar-refractivity contribution in [1.29, 1.82) is 0 Å². The Hall–Kier alpha value is -8.17. The van der Waals surface area contributed by atoms with Crippen molar-refractivity contribution in [2.75, 3.05) is 37.2 Å². The SMILES string of the molecule is CON=C(C(=O)NC1C(=O)N2C(C(=O)O)=C(C[n+]3ccc4ncn(C)c4c3)CS[C@@H]12)c1csc(N)n1.CON=C(C(=O)NC1C(=O)N2C(C(=O)O)=C(C[n+]3ccc4ncn(C)c4c3)CS[C@@H]12)c1csc(N)n1.O.O.O=S(=O)([O-])[O-]. The lowest BCUT2D eigenvalue weighted by Gasteiger charge is -2.49. The third-order valence-corrected chi connectivity index (χ3v) is 15.6. The molecule has 0 spiro atoms. The maximum atomic E-state index is 13.0. The number of anilines is 2. The number of carboxylic acid groups (broad SMARTS) is 2. The molecule has 6 aromatic rings. The summed E-state index contributed by atoms with van der Waals surface area (Å²) in [6, 6.07) is 1.86. The molecule has 32 nitrogen and oxygen atoms in total. The number of hydrogen-bond acceptors (Lipinski definition) is 24. The number of β-lactam (4-membered cyclic amide) rings is 2. The fourth-order valence-corrected chi connectivity index (χ4v) is 12.0. The molecule has 420 valence electrons. The Kier molecular flexibility index (Phi) is 18.7. The second-order valence-electron chi connectivity index (χ2n) is 16.5. The summed E-state index contributed by atoms with van der Waals surface area (Å²) in [6.45, 7) is 0.582. The van der Waals surface area contributed by atoms with Crippen LogP contribution in [0.3, 0.4) is 0 Å². The van der Waals surface area contributed by atoms with Crippen molar-refractivity contribution in [1.82, 2.24) is 49.5 Å². The number of nitrogen functional groups attached to an aromatic ring is 2. The van der Waals surface area contributed by atoms with Gasteiger partial charge in [-0.2, -0.15) is 9.13 Å². The molecule has 0 aromatic carbocycles. The van der Waals surface area contributed by atoms with Crippen LogP contribution < -0.4 is 31.2 Å². The molecule has 0 saturated carbocycles. The quantitative estimate of drug-likeness (QED) is 0.0153. The van der Waals surface area contributed by atoms with Crippen LogP contribution in [-0.4, -0.2) is 173 Å². The highest BCUT2D eigenvalue weighted by Gasteiger charge is 2.56. The van der Waals surface area contributed by atoms with Gasteiger partial charge < -0.3 is 71.2 Å². The highest BCUT2D eigenvalue weighted by Crippen LogP contribution is 2.42. The minimum Gasteiger partial charge on any atom is -0.759 e. The monoisotopic (exact) mass is 1190 g/mol. The molecule has 12 N–H and O–H groups in total. The van der Waals surface area contributed by atoms with Gasteiger partial charge in [0, 0.05) is 70.0 Å². The maximum Gasteiger partial charge on any atom is 0.352 e. The number of hydrogen-bond donors (Lipinski definition) is 6. The van der Waals surface area contributed by atoms with Crippen LogP contribution in [0.1, 0.15) is 11.4 Å². The van der Waals surface area contributed by atoms with E-state index in [1.807, 2.05) is 69.3 Å². The number of thioether (sulfide) groups is 2. The highest BCUT2D eigenvalue weighted by molar-refractivity contribution is 8.00. The highest BCUT2D eigenvalue weighted by atomic mass is 32.3. The second kappa shape index (κ2) is 24.7. The largest absolute Gasteiger partial charge is 0.759 e. The summed E-state index contributed by atoms with van der Waals surface area (Å²) in [4.78, 5) is 105. The lowest BCUT2D eigenvalue weighted by atomic mass is 10.0. The van der Waals surface area contributed by atoms with Gasteiger partial charge in [0.2, 0.25) is 0 Å². The summed E-state index contributed by atoms with van der Waals surface area (Å²) in [7, 11) is 1.15. The predicted molar refractivity (Wildman–Crippen MR) is 279 cm³/mol. The predicted octanol–water partition coefficient (Wildman–Crippen LogP) is -3.61. The molecule has 79 heavy (non-hydrogen) atoms. The number of carbonyl (C=O) groups excluding carboxylic acids is 4. The van der Waals surface area contributed by atoms with Crippen molar-refractivity contribution in [3.8, 4) is 0 Å². The number of carbonyl (C=O) groups is 6. The number of aryl methyl sites for hydroxylation is 2. The summed E-state index contributed by atoms with van der Waals surface area (Å²) in [5.41, 5.74) is 16.0. The number of amides is 4. The molecule has 2 fully saturated rings. The first kappa shape index (κ1) is 60.1. The number of aliphatic carboxylic acids is 2. The van der Waals surface area contributed by atoms with Crippen LogP contribution >= 0.6 is 46.2 Å². The molecule has 37 heteroatoms. The van der Waals surface area contributed by atoms with Gasteiger partial charge in [0.05, 0.1) is 12.7 Å². The fraction of sp³-hybridized carbons (Fsp3) is 0.286. The Morgan fingerprint density at radius 2 is 1.10 bits per heavy atom. The third-order valence-electron chi connectivity index (χ3n) is 11.6. The zero-order valence-electron chi connectivity index (χ0n) is 41.3. The van der Waals surface area contributed by atoms with E-state index in [-0.39, 0.29) is 55.4 Å². The van der Waals surface area contributed by atoms with Crippen LogP contribution in [0, 0.1) is 0 Å². The standard InChI is InChI=1S/2C21H20N8O5S2.H2O4S.2H2O/c2*1-27-9-23-11-3-4-28(6-13(11)27)5-10-7-35-19-15(18(31)29(19)16(10)20(32)33)25-17(30)14(26-34-2)12-8-36-21(22)24-12;1-5(2,3)4;;/h2*3-4,6,8-9,15,19H,5,7H2,1-2H3,(H3-,22,24,25,30,32,33);(H2,1,2,3,4);2*1H2/t2*15?,19-;;;/m00.../s1. The molecule has 0 bridgehead atoms. The molecule has 0 radical (unpaired) electrons. The Labute approximate surface area is 461 Å². The molecule has 0 aliphatic carbocycles. The summed E-state index contributed by atoms with van der Waals surface area (Å²) in [5.74, 6) is -4.03. The number of carboxylic acids is 2. The Balaban J connectivity index is 0.000000230. The fourth-order valence-electron chi connectivity index (χ4n) is 8.27. The van der Waals surface area contributed by atoms with Crippen LogP contribution in [0.15, 0.2) is 93.2 Å². The molecule has 2 saturated heterocycles. The average molecular weight is 1190 g/mol. The number of rotatable bonds is 14. The van der Waals surface area contributed by atoms with Gasteiger partial charge in [-0.15, -0.1) is 46.2 Å². The van der Waals surface area contributed by atoms with Crippen molar-refractivity contribution in [2.24, 2.45) is 24.4 Å². The van der Waals surface area contributed by atoms with Gasteiger partial charge in [0.25, 0.3) is 23.6 Å². The summed E-state index contributed by atoms with van der Waals surface area (Å²) >= 11 is 5.03. The molecule has 4 atom stereocenters. The molecule has 10 heterocycles. The van der Waals surface area contributed by atoms with Crippen molar-refractivity contribution >= 4 is 136 Å². The number of nitrogens with zero attached hydrogens (tertiary/aromatic N) is 12. The van der Waals surface area contributed by atoms with Crippen LogP contribution in [-0.2, 0) is 76.0 Å². The number of nitrogens with one attached hydrogen (secondary N) is 2. The van der Waals surface area contributed by atoms with E-state index in [0.29, 0.717) is 35.7 Å². The van der Waals surface area contributed by atoms with E-state index in [0.717, 1.165) is 44.7 Å². The molecule has 4 aliphatic heterocycles. The van der Waals surface area contributed by atoms with Gasteiger partial charge in [-0.05, 0) is 0 Å². The molecular formula is C42H46N16O16S5. The van der Waals surface area contributed by atoms with E-state index in [2.05, 4.69) is 40.9 Å². The van der Waals surface area contributed by atoms with Crippen LogP contribution in [0.25, 0.3) is 22.1 Å². The van der Waals surface area contributed by atoms with E-state index in [1.165, 1.54) is 47.5 Å². The van der Waals surface area contributed by atoms with Crippen LogP contribution in [0.4, 0.5) is 10.3 Å². The topological polar surface area (TPSA) is 481 Å². The van der Waals surface area contributed by atoms with Gasteiger partial charge >= 0.3 is 11.9 Å². The number of oxime groups is 2. The second-order valence-corrected chi connectivity index (χ2v) is 21.3. The normalized spacial score (nSPS) is 18.8. The molecule has 4 amide bonds. The minimum absolute atomic E-state index is 0. The van der Waals surface area contributed by atoms with Gasteiger partial charge in [0.15, 0.2) is 59.6 Å².